The molecule has 6 heteroatoms. The van der Waals surface area contributed by atoms with Gasteiger partial charge in [-0.2, -0.15) is 0 Å². The molecule has 0 spiro atoms. The quantitative estimate of drug-likeness (QED) is 0.421. The van der Waals surface area contributed by atoms with E-state index in [1.54, 1.807) is 18.3 Å². The molecule has 0 saturated heterocycles. The van der Waals surface area contributed by atoms with Crippen molar-refractivity contribution in [3.63, 3.8) is 0 Å². The number of thiazole rings is 1. The zero-order valence-electron chi connectivity index (χ0n) is 17.6. The Morgan fingerprint density at radius 1 is 1.13 bits per heavy atom. The zero-order valence-corrected chi connectivity index (χ0v) is 18.4. The van der Waals surface area contributed by atoms with Crippen LogP contribution in [0, 0.1) is 0 Å². The van der Waals surface area contributed by atoms with E-state index in [4.69, 9.17) is 4.98 Å². The van der Waals surface area contributed by atoms with E-state index in [9.17, 15) is 9.59 Å². The first kappa shape index (κ1) is 19.7. The Labute approximate surface area is 185 Å². The summed E-state index contributed by atoms with van der Waals surface area (Å²) < 4.78 is 2.03. The molecule has 0 atom stereocenters. The van der Waals surface area contributed by atoms with Crippen molar-refractivity contribution in [3.05, 3.63) is 76.4 Å². The van der Waals surface area contributed by atoms with E-state index in [-0.39, 0.29) is 11.7 Å². The largest absolute Gasteiger partial charge is 0.311 e. The Balaban J connectivity index is 1.38. The second-order valence-electron chi connectivity index (χ2n) is 7.93. The Hall–Kier alpha value is -3.25. The van der Waals surface area contributed by atoms with E-state index in [1.807, 2.05) is 39.1 Å². The molecule has 0 bridgehead atoms. The van der Waals surface area contributed by atoms with Crippen molar-refractivity contribution in [2.45, 2.75) is 33.1 Å². The van der Waals surface area contributed by atoms with Gasteiger partial charge in [0, 0.05) is 40.6 Å². The molecule has 1 amide bonds. The Bertz CT molecular complexity index is 1300. The van der Waals surface area contributed by atoms with Crippen molar-refractivity contribution in [3.8, 4) is 11.3 Å². The van der Waals surface area contributed by atoms with Gasteiger partial charge in [-0.3, -0.25) is 14.0 Å². The molecule has 0 saturated carbocycles. The number of Topliss-reactive ketones (excluding diaryl/α,β-unsaturated/α-hetero) is 1. The molecule has 0 fully saturated rings. The molecular weight excluding hydrogens is 406 g/mol. The van der Waals surface area contributed by atoms with Gasteiger partial charge in [-0.05, 0) is 49.1 Å². The lowest BCUT2D eigenvalue weighted by atomic mass is 10.1. The first-order valence-electron chi connectivity index (χ1n) is 10.5. The predicted octanol–water partition coefficient (Wildman–Crippen LogP) is 4.96. The number of fused-ring (bicyclic) bond motifs is 2. The first-order valence-corrected chi connectivity index (χ1v) is 11.4. The van der Waals surface area contributed by atoms with Crippen LogP contribution in [-0.2, 0) is 24.1 Å². The van der Waals surface area contributed by atoms with Crippen molar-refractivity contribution in [2.24, 2.45) is 0 Å². The number of aromatic nitrogens is 2. The van der Waals surface area contributed by atoms with Crippen molar-refractivity contribution in [1.29, 1.82) is 0 Å². The van der Waals surface area contributed by atoms with Crippen LogP contribution in [0.3, 0.4) is 0 Å². The molecule has 1 aliphatic rings. The maximum Gasteiger partial charge on any atom is 0.232 e. The van der Waals surface area contributed by atoms with Gasteiger partial charge in [0.1, 0.15) is 0 Å². The van der Waals surface area contributed by atoms with Gasteiger partial charge in [-0.1, -0.05) is 31.2 Å². The number of hydrogen-bond acceptors (Lipinski definition) is 4. The fraction of sp³-hybridized carbons (Fsp3) is 0.240. The number of carbonyl (C=O) groups excluding carboxylic acids is 2. The van der Waals surface area contributed by atoms with Crippen molar-refractivity contribution in [2.75, 3.05) is 11.4 Å². The normalized spacial score (nSPS) is 13.0. The van der Waals surface area contributed by atoms with E-state index >= 15 is 0 Å². The van der Waals surface area contributed by atoms with Crippen LogP contribution in [0.4, 0.5) is 5.69 Å². The highest BCUT2D eigenvalue weighted by Crippen LogP contribution is 2.30. The smallest absolute Gasteiger partial charge is 0.232 e. The summed E-state index contributed by atoms with van der Waals surface area (Å²) in [6, 6.07) is 14.1. The van der Waals surface area contributed by atoms with Crippen LogP contribution in [0.2, 0.25) is 0 Å². The number of hydrogen-bond donors (Lipinski definition) is 0. The van der Waals surface area contributed by atoms with Gasteiger partial charge in [-0.25, -0.2) is 4.98 Å². The topological polar surface area (TPSA) is 54.7 Å². The summed E-state index contributed by atoms with van der Waals surface area (Å²) in [4.78, 5) is 32.2. The average Bonchev–Trinajstić information content (AvgIpc) is 3.48. The van der Waals surface area contributed by atoms with Crippen LogP contribution < -0.4 is 4.90 Å². The third kappa shape index (κ3) is 3.57. The second kappa shape index (κ2) is 7.78. The molecule has 2 aromatic heterocycles. The molecule has 156 valence electrons. The van der Waals surface area contributed by atoms with Gasteiger partial charge in [0.2, 0.25) is 5.91 Å². The lowest BCUT2D eigenvalue weighted by molar-refractivity contribution is -0.117. The first-order chi connectivity index (χ1) is 15.0. The molecule has 0 N–H and O–H groups in total. The van der Waals surface area contributed by atoms with Gasteiger partial charge in [0.05, 0.1) is 12.1 Å². The summed E-state index contributed by atoms with van der Waals surface area (Å²) in [5, 5.41) is 2.01. The maximum atomic E-state index is 13.1. The Morgan fingerprint density at radius 2 is 1.94 bits per heavy atom. The lowest BCUT2D eigenvalue weighted by Gasteiger charge is -2.17. The summed E-state index contributed by atoms with van der Waals surface area (Å²) in [6.45, 7) is 4.37. The molecule has 0 radical (unpaired) electrons. The molecule has 3 heterocycles. The molecule has 5 rings (SSSR count). The maximum absolute atomic E-state index is 13.1. The number of imidazole rings is 1. The second-order valence-corrected chi connectivity index (χ2v) is 8.76. The van der Waals surface area contributed by atoms with Crippen molar-refractivity contribution in [1.82, 2.24) is 9.38 Å². The minimum absolute atomic E-state index is 0.0495. The number of aryl methyl sites for hydroxylation is 1. The van der Waals surface area contributed by atoms with Crippen LogP contribution in [0.25, 0.3) is 16.2 Å². The van der Waals surface area contributed by atoms with E-state index in [2.05, 4.69) is 31.2 Å². The van der Waals surface area contributed by atoms with Crippen LogP contribution >= 0.6 is 11.3 Å². The average molecular weight is 430 g/mol. The number of rotatable bonds is 5. The van der Waals surface area contributed by atoms with Crippen LogP contribution in [-0.4, -0.2) is 27.6 Å². The number of anilines is 1. The molecule has 5 nitrogen and oxygen atoms in total. The minimum Gasteiger partial charge on any atom is -0.311 e. The van der Waals surface area contributed by atoms with Crippen molar-refractivity contribution < 1.29 is 9.59 Å². The van der Waals surface area contributed by atoms with Gasteiger partial charge in [0.15, 0.2) is 10.7 Å². The molecule has 31 heavy (non-hydrogen) atoms. The van der Waals surface area contributed by atoms with Gasteiger partial charge in [-0.15, -0.1) is 11.3 Å². The molecule has 4 aromatic rings. The summed E-state index contributed by atoms with van der Waals surface area (Å²) >= 11 is 1.56. The van der Waals surface area contributed by atoms with Crippen LogP contribution in [0.1, 0.15) is 41.0 Å². The molecule has 1 aliphatic heterocycles. The third-order valence-corrected chi connectivity index (χ3v) is 6.85. The number of benzene rings is 2. The molecule has 0 aliphatic carbocycles. The fourth-order valence-corrected chi connectivity index (χ4v) is 5.01. The molecule has 0 unspecified atom stereocenters. The highest BCUT2D eigenvalue weighted by molar-refractivity contribution is 7.15. The summed E-state index contributed by atoms with van der Waals surface area (Å²) in [7, 11) is 0. The fourth-order valence-electron chi connectivity index (χ4n) is 4.14. The molecular formula is C25H23N3O2S. The summed E-state index contributed by atoms with van der Waals surface area (Å²) in [5.74, 6) is 0.116. The number of amides is 1. The third-order valence-electron chi connectivity index (χ3n) is 5.96. The standard InChI is InChI=1S/C25H23N3O2S/c1-3-17-4-6-18(7-5-17)22-14-28-21(15-31-25(28)26-22)13-24(30)27-11-10-20-12-19(16(2)29)8-9-23(20)27/h4-9,12,14-15H,3,10-11,13H2,1-2H3. The van der Waals surface area contributed by atoms with Crippen LogP contribution in [0.5, 0.6) is 0 Å². The van der Waals surface area contributed by atoms with E-state index in [0.717, 1.165) is 46.0 Å². The zero-order chi connectivity index (χ0) is 21.5. The monoisotopic (exact) mass is 429 g/mol. The predicted molar refractivity (Wildman–Crippen MR) is 124 cm³/mol. The summed E-state index contributed by atoms with van der Waals surface area (Å²) in [5.41, 5.74) is 6.94. The number of nitrogens with zero attached hydrogens (tertiary/aromatic N) is 3. The van der Waals surface area contributed by atoms with Crippen molar-refractivity contribution >= 4 is 33.7 Å². The SMILES string of the molecule is CCc1ccc(-c2cn3c(CC(=O)N4CCc5cc(C(C)=O)ccc54)csc3n2)cc1. The van der Waals surface area contributed by atoms with E-state index in [1.165, 1.54) is 5.56 Å². The highest BCUT2D eigenvalue weighted by atomic mass is 32.1. The van der Waals surface area contributed by atoms with Gasteiger partial charge < -0.3 is 4.90 Å². The lowest BCUT2D eigenvalue weighted by Crippen LogP contribution is -2.30. The van der Waals surface area contributed by atoms with Crippen LogP contribution in [0.15, 0.2) is 54.0 Å². The van der Waals surface area contributed by atoms with E-state index in [0.29, 0.717) is 18.5 Å². The Kier molecular flexibility index (Phi) is 4.94. The summed E-state index contributed by atoms with van der Waals surface area (Å²) in [6.07, 6.45) is 4.13. The van der Waals surface area contributed by atoms with Gasteiger partial charge in [0.25, 0.3) is 0 Å². The highest BCUT2D eigenvalue weighted by Gasteiger charge is 2.26. The minimum atomic E-state index is 0.0495. The number of carbonyl (C=O) groups is 2. The number of ketones is 1. The van der Waals surface area contributed by atoms with E-state index < -0.39 is 0 Å². The molecule has 2 aromatic carbocycles. The Morgan fingerprint density at radius 3 is 2.68 bits per heavy atom. The van der Waals surface area contributed by atoms with Gasteiger partial charge >= 0.3 is 0 Å².